The molecule has 1 amide bonds. The zero-order valence-corrected chi connectivity index (χ0v) is 14.1. The maximum atomic E-state index is 12.0. The Labute approximate surface area is 136 Å². The molecule has 1 atom stereocenters. The van der Waals surface area contributed by atoms with Gasteiger partial charge in [-0.2, -0.15) is 10.1 Å². The molecule has 1 aliphatic rings. The number of nitrogens with zero attached hydrogens (tertiary/aromatic N) is 2. The molecule has 23 heavy (non-hydrogen) atoms. The van der Waals surface area contributed by atoms with Crippen molar-refractivity contribution in [3.8, 4) is 0 Å². The van der Waals surface area contributed by atoms with E-state index in [0.717, 1.165) is 5.57 Å². The highest BCUT2D eigenvalue weighted by atomic mass is 16.6. The quantitative estimate of drug-likeness (QED) is 0.802. The number of ether oxygens (including phenoxy) is 2. The highest BCUT2D eigenvalue weighted by molar-refractivity contribution is 5.76. The van der Waals surface area contributed by atoms with Gasteiger partial charge in [-0.15, -0.1) is 0 Å². The second-order valence-electron chi connectivity index (χ2n) is 6.11. The number of hydrogen-bond acceptors (Lipinski definition) is 6. The molecule has 0 saturated carbocycles. The molecule has 0 aromatic heterocycles. The molecule has 0 saturated heterocycles. The fourth-order valence-electron chi connectivity index (χ4n) is 1.85. The number of rotatable bonds is 3. The Morgan fingerprint density at radius 1 is 1.43 bits per heavy atom. The second kappa shape index (κ2) is 8.47. The molecule has 0 aromatic carbocycles. The number of carbonyl (C=O) groups is 2. The summed E-state index contributed by atoms with van der Waals surface area (Å²) in [5, 5.41) is 5.36. The minimum atomic E-state index is -0.712. The van der Waals surface area contributed by atoms with Gasteiger partial charge in [0.2, 0.25) is 0 Å². The van der Waals surface area contributed by atoms with E-state index in [2.05, 4.69) is 9.84 Å². The molecule has 0 aliphatic carbocycles. The van der Waals surface area contributed by atoms with E-state index in [0.29, 0.717) is 12.8 Å². The van der Waals surface area contributed by atoms with Crippen molar-refractivity contribution in [3.63, 3.8) is 0 Å². The fourth-order valence-corrected chi connectivity index (χ4v) is 1.85. The van der Waals surface area contributed by atoms with Gasteiger partial charge in [-0.25, -0.2) is 4.79 Å². The Bertz CT molecular complexity index is 518. The maximum absolute atomic E-state index is 12.0. The van der Waals surface area contributed by atoms with E-state index in [4.69, 9.17) is 10.5 Å². The molecule has 0 fully saturated rings. The minimum absolute atomic E-state index is 0.274. The van der Waals surface area contributed by atoms with Crippen molar-refractivity contribution in [2.75, 3.05) is 13.7 Å². The van der Waals surface area contributed by atoms with Crippen LogP contribution in [0.25, 0.3) is 0 Å². The number of nitrogens with two attached hydrogens (primary N) is 1. The Morgan fingerprint density at radius 2 is 2.13 bits per heavy atom. The van der Waals surface area contributed by atoms with E-state index >= 15 is 0 Å². The summed E-state index contributed by atoms with van der Waals surface area (Å²) in [5.41, 5.74) is 6.08. The van der Waals surface area contributed by atoms with Crippen LogP contribution in [-0.4, -0.2) is 48.6 Å². The van der Waals surface area contributed by atoms with E-state index < -0.39 is 23.7 Å². The molecular formula is C16H25N3O4. The van der Waals surface area contributed by atoms with E-state index in [9.17, 15) is 9.59 Å². The van der Waals surface area contributed by atoms with Gasteiger partial charge in [0, 0.05) is 12.6 Å². The summed E-state index contributed by atoms with van der Waals surface area (Å²) in [7, 11) is 1.31. The zero-order chi connectivity index (χ0) is 17.5. The van der Waals surface area contributed by atoms with Gasteiger partial charge in [-0.05, 0) is 32.8 Å². The number of hydrogen-bond donors (Lipinski definition) is 1. The third-order valence-corrected chi connectivity index (χ3v) is 2.88. The number of methoxy groups -OCH3 is 1. The third-order valence-electron chi connectivity index (χ3n) is 2.88. The highest BCUT2D eigenvalue weighted by Crippen LogP contribution is 2.13. The number of esters is 1. The summed E-state index contributed by atoms with van der Waals surface area (Å²) in [6.07, 6.45) is 7.50. The zero-order valence-electron chi connectivity index (χ0n) is 14.1. The molecule has 2 N–H and O–H groups in total. The molecule has 128 valence electrons. The van der Waals surface area contributed by atoms with Crippen LogP contribution in [-0.2, 0) is 14.3 Å². The first kappa shape index (κ1) is 18.9. The van der Waals surface area contributed by atoms with Gasteiger partial charge in [0.1, 0.15) is 11.6 Å². The van der Waals surface area contributed by atoms with Crippen LogP contribution in [0.2, 0.25) is 0 Å². The normalized spacial score (nSPS) is 18.1. The van der Waals surface area contributed by atoms with Crippen molar-refractivity contribution in [2.45, 2.75) is 45.3 Å². The molecule has 1 unspecified atom stereocenters. The Kier molecular flexibility index (Phi) is 6.96. The summed E-state index contributed by atoms with van der Waals surface area (Å²) >= 11 is 0. The molecule has 7 heteroatoms. The van der Waals surface area contributed by atoms with Crippen molar-refractivity contribution < 1.29 is 19.1 Å². The monoisotopic (exact) mass is 323 g/mol. The summed E-state index contributed by atoms with van der Waals surface area (Å²) in [5.74, 6) is -0.455. The lowest BCUT2D eigenvalue weighted by atomic mass is 10.1. The number of hydrazone groups is 1. The smallest absolute Gasteiger partial charge is 0.431 e. The third kappa shape index (κ3) is 7.10. The lowest BCUT2D eigenvalue weighted by Gasteiger charge is -2.23. The standard InChI is InChI=1S/C16H25N3O4/c1-16(2,3)23-15(21)19-10-6-8-12(7-5-9-18-19)11-13(17)14(20)22-4/h6-9,13H,5,10-11,17H2,1-4H3/b8-6?,12-7?,18-9-. The van der Waals surface area contributed by atoms with Crippen molar-refractivity contribution in [2.24, 2.45) is 10.8 Å². The Hall–Kier alpha value is -2.15. The first-order valence-electron chi connectivity index (χ1n) is 7.45. The van der Waals surface area contributed by atoms with Crippen molar-refractivity contribution >= 4 is 18.3 Å². The van der Waals surface area contributed by atoms with Gasteiger partial charge in [-0.1, -0.05) is 18.2 Å². The molecule has 1 aliphatic heterocycles. The fraction of sp³-hybridized carbons (Fsp3) is 0.562. The lowest BCUT2D eigenvalue weighted by Crippen LogP contribution is -2.33. The van der Waals surface area contributed by atoms with Gasteiger partial charge >= 0.3 is 12.1 Å². The predicted octanol–water partition coefficient (Wildman–Crippen LogP) is 1.99. The van der Waals surface area contributed by atoms with E-state index in [1.54, 1.807) is 33.1 Å². The molecular weight excluding hydrogens is 298 g/mol. The van der Waals surface area contributed by atoms with Crippen molar-refractivity contribution in [1.29, 1.82) is 0 Å². The van der Waals surface area contributed by atoms with Gasteiger partial charge in [-0.3, -0.25) is 4.79 Å². The number of carbonyl (C=O) groups excluding carboxylic acids is 2. The van der Waals surface area contributed by atoms with Crippen LogP contribution < -0.4 is 5.73 Å². The number of amides is 1. The number of allylic oxidation sites excluding steroid dienone is 2. The summed E-state index contributed by atoms with van der Waals surface area (Å²) in [4.78, 5) is 23.4. The van der Waals surface area contributed by atoms with Gasteiger partial charge < -0.3 is 15.2 Å². The van der Waals surface area contributed by atoms with Gasteiger partial charge in [0.25, 0.3) is 0 Å². The molecule has 0 spiro atoms. The average molecular weight is 323 g/mol. The largest absolute Gasteiger partial charge is 0.468 e. The van der Waals surface area contributed by atoms with E-state index in [1.807, 2.05) is 12.2 Å². The summed E-state index contributed by atoms with van der Waals surface area (Å²) in [6, 6.07) is -0.712. The van der Waals surface area contributed by atoms with Crippen molar-refractivity contribution in [1.82, 2.24) is 5.01 Å². The lowest BCUT2D eigenvalue weighted by molar-refractivity contribution is -0.142. The highest BCUT2D eigenvalue weighted by Gasteiger charge is 2.21. The van der Waals surface area contributed by atoms with E-state index in [-0.39, 0.29) is 6.54 Å². The first-order chi connectivity index (χ1) is 10.7. The second-order valence-corrected chi connectivity index (χ2v) is 6.11. The average Bonchev–Trinajstić information content (AvgIpc) is 2.56. The SMILES string of the molecule is COC(=O)C(N)CC1=CC/C=N\N(C(=O)OC(C)(C)C)CC=C1. The molecule has 0 radical (unpaired) electrons. The van der Waals surface area contributed by atoms with Gasteiger partial charge in [0.05, 0.1) is 13.7 Å². The maximum Gasteiger partial charge on any atom is 0.431 e. The van der Waals surface area contributed by atoms with Crippen LogP contribution in [0.1, 0.15) is 33.6 Å². The van der Waals surface area contributed by atoms with Crippen LogP contribution in [0, 0.1) is 0 Å². The molecule has 7 nitrogen and oxygen atoms in total. The predicted molar refractivity (Wildman–Crippen MR) is 87.9 cm³/mol. The first-order valence-corrected chi connectivity index (χ1v) is 7.45. The van der Waals surface area contributed by atoms with Crippen LogP contribution in [0.4, 0.5) is 4.79 Å². The molecule has 0 aromatic rings. The summed E-state index contributed by atoms with van der Waals surface area (Å²) in [6.45, 7) is 5.67. The minimum Gasteiger partial charge on any atom is -0.468 e. The van der Waals surface area contributed by atoms with Crippen LogP contribution in [0.15, 0.2) is 28.9 Å². The van der Waals surface area contributed by atoms with Crippen LogP contribution in [0.5, 0.6) is 0 Å². The van der Waals surface area contributed by atoms with Crippen molar-refractivity contribution in [3.05, 3.63) is 23.8 Å². The Morgan fingerprint density at radius 3 is 2.74 bits per heavy atom. The van der Waals surface area contributed by atoms with Gasteiger partial charge in [0.15, 0.2) is 0 Å². The summed E-state index contributed by atoms with van der Waals surface area (Å²) < 4.78 is 9.91. The van der Waals surface area contributed by atoms with Crippen LogP contribution in [0.3, 0.4) is 0 Å². The Balaban J connectivity index is 2.70. The topological polar surface area (TPSA) is 94.2 Å². The van der Waals surface area contributed by atoms with E-state index in [1.165, 1.54) is 12.1 Å². The van der Waals surface area contributed by atoms with Crippen LogP contribution >= 0.6 is 0 Å². The molecule has 1 rings (SSSR count). The molecule has 1 heterocycles. The molecule has 0 bridgehead atoms.